The van der Waals surface area contributed by atoms with Crippen molar-refractivity contribution in [3.05, 3.63) is 0 Å². The van der Waals surface area contributed by atoms with Gasteiger partial charge < -0.3 is 10.2 Å². The highest BCUT2D eigenvalue weighted by atomic mass is 15.1. The average molecular weight is 271 g/mol. The number of hydrogen-bond donors (Lipinski definition) is 1. The Bertz CT molecular complexity index is 174. The summed E-state index contributed by atoms with van der Waals surface area (Å²) < 4.78 is 0. The third kappa shape index (κ3) is 9.45. The predicted octanol–water partition coefficient (Wildman–Crippen LogP) is 4.30. The number of nitrogens with one attached hydrogen (secondary N) is 1. The second-order valence-corrected chi connectivity index (χ2v) is 5.95. The average Bonchev–Trinajstić information content (AvgIpc) is 2.44. The van der Waals surface area contributed by atoms with Crippen LogP contribution in [0.1, 0.15) is 73.1 Å². The molecule has 0 spiro atoms. The lowest BCUT2D eigenvalue weighted by molar-refractivity contribution is 0.205. The predicted molar refractivity (Wildman–Crippen MR) is 87.8 cm³/mol. The standard InChI is InChI=1S/C17H38N2/c1-6-10-13-19(14-11-7-2)15-17(16(5)9-4)18-12-8-3/h16-18H,6-15H2,1-5H3. The highest BCUT2D eigenvalue weighted by Crippen LogP contribution is 2.11. The molecular formula is C17H38N2. The number of nitrogens with zero attached hydrogens (tertiary/aromatic N) is 1. The second kappa shape index (κ2) is 12.9. The summed E-state index contributed by atoms with van der Waals surface area (Å²) in [7, 11) is 0. The van der Waals surface area contributed by atoms with E-state index in [1.807, 2.05) is 0 Å². The molecule has 0 saturated heterocycles. The zero-order chi connectivity index (χ0) is 14.5. The maximum absolute atomic E-state index is 3.76. The molecule has 0 bridgehead atoms. The monoisotopic (exact) mass is 270 g/mol. The molecule has 0 amide bonds. The van der Waals surface area contributed by atoms with Crippen molar-refractivity contribution in [2.75, 3.05) is 26.2 Å². The lowest BCUT2D eigenvalue weighted by Crippen LogP contribution is -2.45. The van der Waals surface area contributed by atoms with Crippen LogP contribution >= 0.6 is 0 Å². The fraction of sp³-hybridized carbons (Fsp3) is 1.00. The highest BCUT2D eigenvalue weighted by molar-refractivity contribution is 4.77. The molecule has 0 aliphatic carbocycles. The fourth-order valence-corrected chi connectivity index (χ4v) is 2.40. The Morgan fingerprint density at radius 1 is 0.895 bits per heavy atom. The number of hydrogen-bond acceptors (Lipinski definition) is 2. The minimum Gasteiger partial charge on any atom is -0.312 e. The fourth-order valence-electron chi connectivity index (χ4n) is 2.40. The first-order chi connectivity index (χ1) is 9.19. The molecule has 0 aliphatic heterocycles. The van der Waals surface area contributed by atoms with E-state index in [2.05, 4.69) is 44.8 Å². The van der Waals surface area contributed by atoms with Gasteiger partial charge in [-0.05, 0) is 44.8 Å². The van der Waals surface area contributed by atoms with Crippen LogP contribution in [-0.2, 0) is 0 Å². The lowest BCUT2D eigenvalue weighted by atomic mass is 9.98. The third-order valence-electron chi connectivity index (χ3n) is 4.10. The molecule has 0 aromatic heterocycles. The van der Waals surface area contributed by atoms with Gasteiger partial charge in [0.2, 0.25) is 0 Å². The van der Waals surface area contributed by atoms with Gasteiger partial charge >= 0.3 is 0 Å². The van der Waals surface area contributed by atoms with Crippen LogP contribution in [0.5, 0.6) is 0 Å². The van der Waals surface area contributed by atoms with Crippen LogP contribution in [-0.4, -0.2) is 37.1 Å². The molecule has 0 saturated carbocycles. The largest absolute Gasteiger partial charge is 0.312 e. The summed E-state index contributed by atoms with van der Waals surface area (Å²) in [5.41, 5.74) is 0. The number of rotatable bonds is 13. The quantitative estimate of drug-likeness (QED) is 0.537. The molecule has 0 rings (SSSR count). The molecule has 2 nitrogen and oxygen atoms in total. The van der Waals surface area contributed by atoms with E-state index in [9.17, 15) is 0 Å². The summed E-state index contributed by atoms with van der Waals surface area (Å²) in [5.74, 6) is 0.775. The first-order valence-corrected chi connectivity index (χ1v) is 8.65. The molecule has 1 N–H and O–H groups in total. The van der Waals surface area contributed by atoms with Gasteiger partial charge in [-0.15, -0.1) is 0 Å². The van der Waals surface area contributed by atoms with Gasteiger partial charge in [-0.25, -0.2) is 0 Å². The van der Waals surface area contributed by atoms with Gasteiger partial charge in [-0.1, -0.05) is 53.9 Å². The minimum atomic E-state index is 0.665. The minimum absolute atomic E-state index is 0.665. The molecule has 2 atom stereocenters. The summed E-state index contributed by atoms with van der Waals surface area (Å²) >= 11 is 0. The van der Waals surface area contributed by atoms with Crippen molar-refractivity contribution in [2.45, 2.75) is 79.2 Å². The maximum Gasteiger partial charge on any atom is 0.0220 e. The molecule has 0 aromatic carbocycles. The molecule has 0 heterocycles. The molecule has 116 valence electrons. The Balaban J connectivity index is 4.33. The number of unbranched alkanes of at least 4 members (excludes halogenated alkanes) is 2. The maximum atomic E-state index is 3.76. The van der Waals surface area contributed by atoms with Gasteiger partial charge in [-0.2, -0.15) is 0 Å². The molecule has 0 radical (unpaired) electrons. The van der Waals surface area contributed by atoms with Crippen LogP contribution in [0.2, 0.25) is 0 Å². The SMILES string of the molecule is CCCCN(CCCC)CC(NCCC)C(C)CC. The third-order valence-corrected chi connectivity index (χ3v) is 4.10. The van der Waals surface area contributed by atoms with Crippen molar-refractivity contribution in [1.29, 1.82) is 0 Å². The molecule has 2 unspecified atom stereocenters. The first kappa shape index (κ1) is 18.9. The Morgan fingerprint density at radius 3 is 1.89 bits per heavy atom. The van der Waals surface area contributed by atoms with Gasteiger partial charge in [0, 0.05) is 12.6 Å². The van der Waals surface area contributed by atoms with E-state index >= 15 is 0 Å². The van der Waals surface area contributed by atoms with Gasteiger partial charge in [0.05, 0.1) is 0 Å². The van der Waals surface area contributed by atoms with E-state index in [1.54, 1.807) is 0 Å². The van der Waals surface area contributed by atoms with Crippen LogP contribution in [0.3, 0.4) is 0 Å². The van der Waals surface area contributed by atoms with Crippen molar-refractivity contribution in [1.82, 2.24) is 10.2 Å². The van der Waals surface area contributed by atoms with Crippen molar-refractivity contribution >= 4 is 0 Å². The van der Waals surface area contributed by atoms with Crippen molar-refractivity contribution in [3.8, 4) is 0 Å². The van der Waals surface area contributed by atoms with Crippen LogP contribution in [0.15, 0.2) is 0 Å². The normalized spacial score (nSPS) is 14.8. The summed E-state index contributed by atoms with van der Waals surface area (Å²) in [6.45, 7) is 16.5. The molecule has 0 aliphatic rings. The second-order valence-electron chi connectivity index (χ2n) is 5.95. The zero-order valence-electron chi connectivity index (χ0n) is 14.2. The molecule has 19 heavy (non-hydrogen) atoms. The van der Waals surface area contributed by atoms with E-state index in [4.69, 9.17) is 0 Å². The van der Waals surface area contributed by atoms with Crippen LogP contribution in [0, 0.1) is 5.92 Å². The van der Waals surface area contributed by atoms with Crippen LogP contribution in [0.4, 0.5) is 0 Å². The van der Waals surface area contributed by atoms with E-state index in [0.29, 0.717) is 6.04 Å². The summed E-state index contributed by atoms with van der Waals surface area (Å²) in [6, 6.07) is 0.665. The smallest absolute Gasteiger partial charge is 0.0220 e. The molecule has 2 heteroatoms. The summed E-state index contributed by atoms with van der Waals surface area (Å²) in [4.78, 5) is 2.69. The first-order valence-electron chi connectivity index (χ1n) is 8.65. The van der Waals surface area contributed by atoms with Gasteiger partial charge in [0.25, 0.3) is 0 Å². The molecular weight excluding hydrogens is 232 g/mol. The summed E-state index contributed by atoms with van der Waals surface area (Å²) in [6.07, 6.45) is 7.79. The van der Waals surface area contributed by atoms with Crippen molar-refractivity contribution in [3.63, 3.8) is 0 Å². The lowest BCUT2D eigenvalue weighted by Gasteiger charge is -2.31. The molecule has 0 aromatic rings. The highest BCUT2D eigenvalue weighted by Gasteiger charge is 2.18. The topological polar surface area (TPSA) is 15.3 Å². The van der Waals surface area contributed by atoms with Gasteiger partial charge in [-0.3, -0.25) is 0 Å². The van der Waals surface area contributed by atoms with E-state index < -0.39 is 0 Å². The summed E-state index contributed by atoms with van der Waals surface area (Å²) in [5, 5.41) is 3.76. The Kier molecular flexibility index (Phi) is 12.9. The van der Waals surface area contributed by atoms with Gasteiger partial charge in [0.15, 0.2) is 0 Å². The van der Waals surface area contributed by atoms with Gasteiger partial charge in [0.1, 0.15) is 0 Å². The van der Waals surface area contributed by atoms with E-state index in [-0.39, 0.29) is 0 Å². The van der Waals surface area contributed by atoms with E-state index in [1.165, 1.54) is 58.2 Å². The van der Waals surface area contributed by atoms with Crippen LogP contribution in [0.25, 0.3) is 0 Å². The molecule has 0 fully saturated rings. The Labute approximate surface area is 122 Å². The van der Waals surface area contributed by atoms with Crippen molar-refractivity contribution in [2.24, 2.45) is 5.92 Å². The Hall–Kier alpha value is -0.0800. The van der Waals surface area contributed by atoms with E-state index in [0.717, 1.165) is 12.5 Å². The van der Waals surface area contributed by atoms with Crippen molar-refractivity contribution < 1.29 is 0 Å². The zero-order valence-corrected chi connectivity index (χ0v) is 14.2. The van der Waals surface area contributed by atoms with Crippen LogP contribution < -0.4 is 5.32 Å². The Morgan fingerprint density at radius 2 is 1.47 bits per heavy atom.